The molecule has 4 rings (SSSR count). The molecule has 33 heavy (non-hydrogen) atoms. The smallest absolute Gasteiger partial charge is 0.417 e. The molecule has 2 aromatic heterocycles. The first kappa shape index (κ1) is 21.9. The van der Waals surface area contributed by atoms with Crippen molar-refractivity contribution >= 4 is 40.2 Å². The molecule has 0 spiro atoms. The lowest BCUT2D eigenvalue weighted by Gasteiger charge is -2.12. The van der Waals surface area contributed by atoms with Gasteiger partial charge in [-0.15, -0.1) is 0 Å². The Bertz CT molecular complexity index is 1330. The summed E-state index contributed by atoms with van der Waals surface area (Å²) in [4.78, 5) is 34.4. The lowest BCUT2D eigenvalue weighted by molar-refractivity contribution is -0.149. The van der Waals surface area contributed by atoms with Gasteiger partial charge >= 0.3 is 11.7 Å². The van der Waals surface area contributed by atoms with Gasteiger partial charge in [-0.3, -0.25) is 4.98 Å². The number of aryl methyl sites for hydroxylation is 1. The first-order valence-corrected chi connectivity index (χ1v) is 10.3. The van der Waals surface area contributed by atoms with Gasteiger partial charge in [-0.25, -0.2) is 14.6 Å². The van der Waals surface area contributed by atoms with Gasteiger partial charge in [0.25, 0.3) is 0 Å². The highest BCUT2D eigenvalue weighted by atomic mass is 16.6. The molecule has 0 atom stereocenters. The second-order valence-electron chi connectivity index (χ2n) is 7.55. The van der Waals surface area contributed by atoms with Crippen LogP contribution in [0, 0.1) is 6.92 Å². The minimum atomic E-state index is -0.501. The van der Waals surface area contributed by atoms with E-state index in [0.29, 0.717) is 28.6 Å². The van der Waals surface area contributed by atoms with Crippen LogP contribution in [0.3, 0.4) is 0 Å². The first-order valence-electron chi connectivity index (χ1n) is 10.3. The number of hydrogen-bond acceptors (Lipinski definition) is 9. The zero-order chi connectivity index (χ0) is 23.4. The maximum atomic E-state index is 11.6. The van der Waals surface area contributed by atoms with E-state index in [4.69, 9.17) is 13.9 Å². The zero-order valence-electron chi connectivity index (χ0n) is 18.3. The van der Waals surface area contributed by atoms with Crippen molar-refractivity contribution in [2.75, 3.05) is 17.2 Å². The van der Waals surface area contributed by atoms with Crippen LogP contribution in [0.4, 0.5) is 23.1 Å². The number of anilines is 4. The van der Waals surface area contributed by atoms with E-state index in [-0.39, 0.29) is 12.7 Å². The van der Waals surface area contributed by atoms with Crippen molar-refractivity contribution in [1.82, 2.24) is 15.0 Å². The maximum Gasteiger partial charge on any atom is 0.417 e. The summed E-state index contributed by atoms with van der Waals surface area (Å²) in [6.07, 6.45) is 1.52. The number of carbonyl (C=O) groups excluding carboxylic acids is 1. The molecule has 0 aliphatic rings. The molecule has 170 valence electrons. The lowest BCUT2D eigenvalue weighted by atomic mass is 10.2. The standard InChI is InChI=1S/C23H23N5O5/c1-13(2)32-20(29)12-31-17-7-4-15(5-8-17)26-22-24-11-14(3)21(28-22)25-16-6-9-19-18(10-16)27-23(30)33-19/h4-11,13H,12H2,1-3H3,(H,27,30)(H2,24,25,26,28). The van der Waals surface area contributed by atoms with Crippen molar-refractivity contribution in [3.8, 4) is 5.75 Å². The van der Waals surface area contributed by atoms with Crippen LogP contribution >= 0.6 is 0 Å². The third kappa shape index (κ3) is 5.67. The monoisotopic (exact) mass is 449 g/mol. The van der Waals surface area contributed by atoms with Gasteiger partial charge in [0.1, 0.15) is 11.6 Å². The molecule has 0 bridgehead atoms. The summed E-state index contributed by atoms with van der Waals surface area (Å²) in [7, 11) is 0. The summed E-state index contributed by atoms with van der Waals surface area (Å²) in [6, 6.07) is 12.3. The summed E-state index contributed by atoms with van der Waals surface area (Å²) in [6.45, 7) is 5.30. The SMILES string of the molecule is Cc1cnc(Nc2ccc(OCC(=O)OC(C)C)cc2)nc1Nc1ccc2oc(=O)[nH]c2c1. The molecule has 4 aromatic rings. The third-order valence-corrected chi connectivity index (χ3v) is 4.49. The van der Waals surface area contributed by atoms with Crippen LogP contribution in [0.2, 0.25) is 0 Å². The van der Waals surface area contributed by atoms with Crippen LogP contribution in [-0.4, -0.2) is 33.6 Å². The predicted molar refractivity (Wildman–Crippen MR) is 123 cm³/mol. The number of nitrogens with one attached hydrogen (secondary N) is 3. The zero-order valence-corrected chi connectivity index (χ0v) is 18.3. The lowest BCUT2D eigenvalue weighted by Crippen LogP contribution is -2.18. The minimum absolute atomic E-state index is 0.153. The number of aromatic amines is 1. The molecule has 10 nitrogen and oxygen atoms in total. The van der Waals surface area contributed by atoms with Crippen molar-refractivity contribution in [3.63, 3.8) is 0 Å². The molecule has 0 fully saturated rings. The summed E-state index contributed by atoms with van der Waals surface area (Å²) in [5.74, 6) is 0.634. The highest BCUT2D eigenvalue weighted by Gasteiger charge is 2.09. The van der Waals surface area contributed by atoms with E-state index in [1.54, 1.807) is 62.5 Å². The minimum Gasteiger partial charge on any atom is -0.482 e. The molecule has 2 aromatic carbocycles. The largest absolute Gasteiger partial charge is 0.482 e. The Morgan fingerprint density at radius 3 is 2.64 bits per heavy atom. The maximum absolute atomic E-state index is 11.6. The van der Waals surface area contributed by atoms with Crippen molar-refractivity contribution < 1.29 is 18.7 Å². The predicted octanol–water partition coefficient (Wildman–Crippen LogP) is 4.04. The van der Waals surface area contributed by atoms with E-state index >= 15 is 0 Å². The van der Waals surface area contributed by atoms with Gasteiger partial charge in [-0.2, -0.15) is 4.98 Å². The summed E-state index contributed by atoms with van der Waals surface area (Å²) >= 11 is 0. The van der Waals surface area contributed by atoms with Crippen LogP contribution in [0.15, 0.2) is 57.9 Å². The second kappa shape index (κ2) is 9.43. The Morgan fingerprint density at radius 1 is 1.12 bits per heavy atom. The number of oxazole rings is 1. The highest BCUT2D eigenvalue weighted by molar-refractivity contribution is 5.78. The molecule has 2 heterocycles. The number of ether oxygens (including phenoxy) is 2. The summed E-state index contributed by atoms with van der Waals surface area (Å²) in [5, 5.41) is 6.37. The molecular formula is C23H23N5O5. The van der Waals surface area contributed by atoms with Gasteiger partial charge in [-0.05, 0) is 63.2 Å². The van der Waals surface area contributed by atoms with Crippen molar-refractivity contribution in [3.05, 3.63) is 64.8 Å². The quantitative estimate of drug-likeness (QED) is 0.341. The number of hydrogen-bond donors (Lipinski definition) is 3. The fourth-order valence-corrected chi connectivity index (χ4v) is 3.00. The van der Waals surface area contributed by atoms with Gasteiger partial charge in [0.05, 0.1) is 11.6 Å². The molecule has 3 N–H and O–H groups in total. The number of fused-ring (bicyclic) bond motifs is 1. The number of H-pyrrole nitrogens is 1. The third-order valence-electron chi connectivity index (χ3n) is 4.49. The topological polar surface area (TPSA) is 131 Å². The highest BCUT2D eigenvalue weighted by Crippen LogP contribution is 2.24. The molecule has 0 unspecified atom stereocenters. The van der Waals surface area contributed by atoms with E-state index in [2.05, 4.69) is 25.6 Å². The van der Waals surface area contributed by atoms with E-state index in [1.165, 1.54) is 0 Å². The molecular weight excluding hydrogens is 426 g/mol. The van der Waals surface area contributed by atoms with Crippen LogP contribution in [0.5, 0.6) is 5.75 Å². The van der Waals surface area contributed by atoms with Crippen LogP contribution in [0.1, 0.15) is 19.4 Å². The van der Waals surface area contributed by atoms with Crippen molar-refractivity contribution in [2.45, 2.75) is 26.9 Å². The van der Waals surface area contributed by atoms with E-state index in [9.17, 15) is 9.59 Å². The number of rotatable bonds is 8. The van der Waals surface area contributed by atoms with E-state index < -0.39 is 11.7 Å². The number of esters is 1. The van der Waals surface area contributed by atoms with Crippen molar-refractivity contribution in [1.29, 1.82) is 0 Å². The first-order chi connectivity index (χ1) is 15.9. The molecule has 0 amide bonds. The number of carbonyl (C=O) groups is 1. The van der Waals surface area contributed by atoms with Gasteiger partial charge < -0.3 is 24.5 Å². The van der Waals surface area contributed by atoms with Gasteiger partial charge in [0.15, 0.2) is 12.2 Å². The molecule has 0 aliphatic carbocycles. The second-order valence-corrected chi connectivity index (χ2v) is 7.55. The van der Waals surface area contributed by atoms with Crippen LogP contribution in [-0.2, 0) is 9.53 Å². The Morgan fingerprint density at radius 2 is 1.88 bits per heavy atom. The molecule has 0 saturated heterocycles. The number of aromatic nitrogens is 3. The average Bonchev–Trinajstić information content (AvgIpc) is 3.14. The molecule has 0 aliphatic heterocycles. The Labute approximate surface area is 189 Å². The fourth-order valence-electron chi connectivity index (χ4n) is 3.00. The van der Waals surface area contributed by atoms with Gasteiger partial charge in [-0.1, -0.05) is 0 Å². The molecule has 10 heteroatoms. The van der Waals surface area contributed by atoms with Crippen molar-refractivity contribution in [2.24, 2.45) is 0 Å². The Kier molecular flexibility index (Phi) is 6.25. The molecule has 0 radical (unpaired) electrons. The van der Waals surface area contributed by atoms with Crippen LogP contribution < -0.4 is 21.1 Å². The van der Waals surface area contributed by atoms with E-state index in [1.807, 2.05) is 6.92 Å². The van der Waals surface area contributed by atoms with Gasteiger partial charge in [0, 0.05) is 23.1 Å². The summed E-state index contributed by atoms with van der Waals surface area (Å²) in [5.41, 5.74) is 3.41. The Balaban J connectivity index is 1.41. The van der Waals surface area contributed by atoms with E-state index in [0.717, 1.165) is 16.9 Å². The number of benzene rings is 2. The molecule has 0 saturated carbocycles. The van der Waals surface area contributed by atoms with Gasteiger partial charge in [0.2, 0.25) is 5.95 Å². The fraction of sp³-hybridized carbons (Fsp3) is 0.217. The summed E-state index contributed by atoms with van der Waals surface area (Å²) < 4.78 is 15.5. The average molecular weight is 449 g/mol. The number of nitrogens with zero attached hydrogens (tertiary/aromatic N) is 2. The normalized spacial score (nSPS) is 10.9. The van der Waals surface area contributed by atoms with Crippen LogP contribution in [0.25, 0.3) is 11.1 Å². The Hall–Kier alpha value is -4.34.